The Morgan fingerprint density at radius 1 is 1.08 bits per heavy atom. The minimum absolute atomic E-state index is 0.0415. The second kappa shape index (κ2) is 5.31. The van der Waals surface area contributed by atoms with Crippen molar-refractivity contribution < 1.29 is 14.7 Å². The average molecular weight is 328 g/mol. The van der Waals surface area contributed by atoms with Crippen LogP contribution >= 0.6 is 0 Å². The summed E-state index contributed by atoms with van der Waals surface area (Å²) in [7, 11) is 0. The van der Waals surface area contributed by atoms with Crippen LogP contribution in [0.5, 0.6) is 0 Å². The van der Waals surface area contributed by atoms with Gasteiger partial charge in [0.1, 0.15) is 5.54 Å². The maximum absolute atomic E-state index is 12.9. The summed E-state index contributed by atoms with van der Waals surface area (Å²) in [6.45, 7) is 2.57. The molecule has 3 amide bonds. The SMILES string of the molecule is C[C@@]12CCCN1C(=O)N(C1CCC(O)(c3ccccc3)CC1)C2=O. The summed E-state index contributed by atoms with van der Waals surface area (Å²) < 4.78 is 0. The molecular formula is C19H24N2O3. The molecule has 1 aromatic carbocycles. The van der Waals surface area contributed by atoms with Crippen molar-refractivity contribution in [3.05, 3.63) is 35.9 Å². The van der Waals surface area contributed by atoms with Crippen LogP contribution in [0, 0.1) is 0 Å². The van der Waals surface area contributed by atoms with E-state index in [0.29, 0.717) is 32.2 Å². The monoisotopic (exact) mass is 328 g/mol. The van der Waals surface area contributed by atoms with Crippen molar-refractivity contribution in [2.45, 2.75) is 62.6 Å². The molecule has 1 saturated carbocycles. The lowest BCUT2D eigenvalue weighted by molar-refractivity contribution is -0.134. The Hall–Kier alpha value is -1.88. The second-order valence-corrected chi connectivity index (χ2v) is 7.62. The largest absolute Gasteiger partial charge is 0.385 e. The van der Waals surface area contributed by atoms with Crippen LogP contribution in [0.3, 0.4) is 0 Å². The van der Waals surface area contributed by atoms with Gasteiger partial charge in [0.05, 0.1) is 5.60 Å². The van der Waals surface area contributed by atoms with E-state index in [2.05, 4.69) is 0 Å². The predicted octanol–water partition coefficient (Wildman–Crippen LogP) is 2.63. The fourth-order valence-electron chi connectivity index (χ4n) is 4.67. The molecule has 5 heteroatoms. The van der Waals surface area contributed by atoms with Crippen LogP contribution in [0.15, 0.2) is 30.3 Å². The molecule has 4 rings (SSSR count). The van der Waals surface area contributed by atoms with Gasteiger partial charge in [-0.1, -0.05) is 30.3 Å². The standard InChI is InChI=1S/C19H24N2O3/c1-18-10-5-13-20(18)17(23)21(16(18)22)15-8-11-19(24,12-9-15)14-6-3-2-4-7-14/h2-4,6-7,15,24H,5,8-13H2,1H3/t15?,18-,19?/m0/s1. The summed E-state index contributed by atoms with van der Waals surface area (Å²) in [5.74, 6) is -0.0415. The molecular weight excluding hydrogens is 304 g/mol. The van der Waals surface area contributed by atoms with Crippen molar-refractivity contribution in [3.8, 4) is 0 Å². The Labute approximate surface area is 142 Å². The van der Waals surface area contributed by atoms with Crippen molar-refractivity contribution >= 4 is 11.9 Å². The summed E-state index contributed by atoms with van der Waals surface area (Å²) in [4.78, 5) is 28.8. The smallest absolute Gasteiger partial charge is 0.327 e. The van der Waals surface area contributed by atoms with Crippen molar-refractivity contribution in [1.82, 2.24) is 9.80 Å². The number of benzene rings is 1. The predicted molar refractivity (Wildman–Crippen MR) is 89.2 cm³/mol. The van der Waals surface area contributed by atoms with Crippen molar-refractivity contribution in [1.29, 1.82) is 0 Å². The van der Waals surface area contributed by atoms with E-state index in [1.807, 2.05) is 37.3 Å². The molecule has 0 aromatic heterocycles. The van der Waals surface area contributed by atoms with Crippen LogP contribution in [0.1, 0.15) is 51.0 Å². The zero-order valence-corrected chi connectivity index (χ0v) is 14.1. The number of hydrogen-bond acceptors (Lipinski definition) is 3. The van der Waals surface area contributed by atoms with Crippen LogP contribution in [0.25, 0.3) is 0 Å². The van der Waals surface area contributed by atoms with E-state index in [1.165, 1.54) is 4.90 Å². The van der Waals surface area contributed by atoms with E-state index in [-0.39, 0.29) is 18.0 Å². The zero-order chi connectivity index (χ0) is 16.9. The fourth-order valence-corrected chi connectivity index (χ4v) is 4.67. The van der Waals surface area contributed by atoms with Crippen LogP contribution in [-0.4, -0.2) is 45.0 Å². The molecule has 5 nitrogen and oxygen atoms in total. The Kier molecular flexibility index (Phi) is 3.46. The lowest BCUT2D eigenvalue weighted by Crippen LogP contribution is -2.47. The first kappa shape index (κ1) is 15.6. The van der Waals surface area contributed by atoms with E-state index in [9.17, 15) is 14.7 Å². The van der Waals surface area contributed by atoms with Crippen LogP contribution < -0.4 is 0 Å². The molecule has 3 fully saturated rings. The minimum Gasteiger partial charge on any atom is -0.385 e. The highest BCUT2D eigenvalue weighted by Gasteiger charge is 2.58. The molecule has 1 aromatic rings. The van der Waals surface area contributed by atoms with Gasteiger partial charge in [-0.3, -0.25) is 9.69 Å². The van der Waals surface area contributed by atoms with Gasteiger partial charge < -0.3 is 10.0 Å². The summed E-state index contributed by atoms with van der Waals surface area (Å²) in [6.07, 6.45) is 4.14. The molecule has 2 heterocycles. The van der Waals surface area contributed by atoms with Crippen molar-refractivity contribution in [2.24, 2.45) is 0 Å². The third-order valence-corrected chi connectivity index (χ3v) is 6.22. The topological polar surface area (TPSA) is 60.9 Å². The lowest BCUT2D eigenvalue weighted by atomic mass is 9.77. The first-order valence-electron chi connectivity index (χ1n) is 8.89. The van der Waals surface area contributed by atoms with E-state index in [4.69, 9.17) is 0 Å². The highest BCUT2D eigenvalue weighted by atomic mass is 16.3. The second-order valence-electron chi connectivity index (χ2n) is 7.62. The van der Waals surface area contributed by atoms with Crippen LogP contribution in [0.2, 0.25) is 0 Å². The first-order chi connectivity index (χ1) is 11.5. The van der Waals surface area contributed by atoms with Gasteiger partial charge in [0.25, 0.3) is 5.91 Å². The molecule has 128 valence electrons. The molecule has 0 unspecified atom stereocenters. The van der Waals surface area contributed by atoms with Gasteiger partial charge in [0.15, 0.2) is 0 Å². The number of aliphatic hydroxyl groups is 1. The van der Waals surface area contributed by atoms with Gasteiger partial charge in [0, 0.05) is 12.6 Å². The van der Waals surface area contributed by atoms with Crippen LogP contribution in [0.4, 0.5) is 4.79 Å². The molecule has 1 N–H and O–H groups in total. The summed E-state index contributed by atoms with van der Waals surface area (Å²) in [5, 5.41) is 10.9. The first-order valence-corrected chi connectivity index (χ1v) is 8.89. The average Bonchev–Trinajstić information content (AvgIpc) is 3.07. The number of imide groups is 1. The van der Waals surface area contributed by atoms with Gasteiger partial charge in [-0.15, -0.1) is 0 Å². The Bertz CT molecular complexity index is 666. The zero-order valence-electron chi connectivity index (χ0n) is 14.1. The van der Waals surface area contributed by atoms with Crippen molar-refractivity contribution in [3.63, 3.8) is 0 Å². The van der Waals surface area contributed by atoms with Gasteiger partial charge in [0.2, 0.25) is 0 Å². The number of hydrogen-bond donors (Lipinski definition) is 1. The number of carbonyl (C=O) groups excluding carboxylic acids is 2. The highest BCUT2D eigenvalue weighted by Crippen LogP contribution is 2.43. The number of carbonyl (C=O) groups is 2. The summed E-state index contributed by atoms with van der Waals surface area (Å²) in [5.41, 5.74) is -0.552. The van der Waals surface area contributed by atoms with Crippen molar-refractivity contribution in [2.75, 3.05) is 6.54 Å². The molecule has 0 radical (unpaired) electrons. The van der Waals surface area contributed by atoms with E-state index < -0.39 is 11.1 Å². The molecule has 0 spiro atoms. The molecule has 1 atom stereocenters. The molecule has 2 saturated heterocycles. The van der Waals surface area contributed by atoms with Gasteiger partial charge >= 0.3 is 6.03 Å². The third-order valence-electron chi connectivity index (χ3n) is 6.22. The molecule has 3 aliphatic rings. The quantitative estimate of drug-likeness (QED) is 0.849. The van der Waals surface area contributed by atoms with Gasteiger partial charge in [-0.05, 0) is 51.0 Å². The Morgan fingerprint density at radius 2 is 1.75 bits per heavy atom. The van der Waals surface area contributed by atoms with Gasteiger partial charge in [-0.25, -0.2) is 4.79 Å². The summed E-state index contributed by atoms with van der Waals surface area (Å²) >= 11 is 0. The number of nitrogens with zero attached hydrogens (tertiary/aromatic N) is 2. The Balaban J connectivity index is 1.51. The molecule has 24 heavy (non-hydrogen) atoms. The van der Waals surface area contributed by atoms with Gasteiger partial charge in [-0.2, -0.15) is 0 Å². The molecule has 0 bridgehead atoms. The molecule has 2 aliphatic heterocycles. The maximum atomic E-state index is 12.9. The van der Waals surface area contributed by atoms with Crippen LogP contribution in [-0.2, 0) is 10.4 Å². The van der Waals surface area contributed by atoms with E-state index >= 15 is 0 Å². The third kappa shape index (κ3) is 2.10. The number of urea groups is 1. The van der Waals surface area contributed by atoms with E-state index in [0.717, 1.165) is 18.4 Å². The number of fused-ring (bicyclic) bond motifs is 1. The fraction of sp³-hybridized carbons (Fsp3) is 0.579. The number of rotatable bonds is 2. The normalized spacial score (nSPS) is 36.3. The maximum Gasteiger partial charge on any atom is 0.327 e. The van der Waals surface area contributed by atoms with E-state index in [1.54, 1.807) is 4.90 Å². The minimum atomic E-state index is -0.844. The number of amides is 3. The highest BCUT2D eigenvalue weighted by molar-refractivity contribution is 6.07. The lowest BCUT2D eigenvalue weighted by Gasteiger charge is -2.39. The molecule has 1 aliphatic carbocycles. The Morgan fingerprint density at radius 3 is 2.38 bits per heavy atom. The summed E-state index contributed by atoms with van der Waals surface area (Å²) in [6, 6.07) is 9.48.